The Morgan fingerprint density at radius 1 is 1.12 bits per heavy atom. The molecule has 3 aromatic heterocycles. The van der Waals surface area contributed by atoms with Gasteiger partial charge < -0.3 is 20.9 Å². The molecule has 1 aliphatic heterocycles. The van der Waals surface area contributed by atoms with Crippen molar-refractivity contribution in [3.8, 4) is 0 Å². The number of rotatable bonds is 8. The van der Waals surface area contributed by atoms with E-state index in [0.717, 1.165) is 67.8 Å². The molecule has 5 rings (SSSR count). The number of fused-ring (bicyclic) bond motifs is 3. The topological polar surface area (TPSA) is 80.8 Å². The maximum Gasteiger partial charge on any atom is 0.152 e. The maximum atomic E-state index is 6.31. The molecule has 1 saturated heterocycles. The number of imidazole rings is 1. The monoisotopic (exact) mass is 448 g/mol. The number of nitrogens with one attached hydrogen (secondary N) is 2. The minimum absolute atomic E-state index is 0.529. The van der Waals surface area contributed by atoms with Crippen molar-refractivity contribution in [1.82, 2.24) is 25.2 Å². The van der Waals surface area contributed by atoms with E-state index in [1.54, 1.807) is 11.3 Å². The third kappa shape index (κ3) is 4.37. The average Bonchev–Trinajstić information content (AvgIpc) is 3.43. The number of aryl methyl sites for hydroxylation is 1. The van der Waals surface area contributed by atoms with E-state index in [0.29, 0.717) is 11.9 Å². The van der Waals surface area contributed by atoms with Crippen LogP contribution in [0.4, 0.5) is 5.82 Å². The number of unbranched alkanes of at least 4 members (excludes halogenated alkanes) is 1. The summed E-state index contributed by atoms with van der Waals surface area (Å²) >= 11 is 1.72. The number of thiophene rings is 1. The highest BCUT2D eigenvalue weighted by Crippen LogP contribution is 2.33. The number of nitrogen functional groups attached to an aromatic ring is 1. The largest absolute Gasteiger partial charge is 0.382 e. The second-order valence-corrected chi connectivity index (χ2v) is 9.68. The van der Waals surface area contributed by atoms with Gasteiger partial charge in [0, 0.05) is 25.6 Å². The summed E-state index contributed by atoms with van der Waals surface area (Å²) in [5, 5.41) is 9.22. The second-order valence-electron chi connectivity index (χ2n) is 8.77. The number of hydrogen-bond acceptors (Lipinski definition) is 6. The number of benzene rings is 1. The van der Waals surface area contributed by atoms with E-state index in [4.69, 9.17) is 10.7 Å². The van der Waals surface area contributed by atoms with E-state index in [1.807, 2.05) is 6.07 Å². The van der Waals surface area contributed by atoms with Crippen LogP contribution < -0.4 is 16.4 Å². The summed E-state index contributed by atoms with van der Waals surface area (Å²) in [6, 6.07) is 11.7. The summed E-state index contributed by atoms with van der Waals surface area (Å²) in [4.78, 5) is 9.52. The van der Waals surface area contributed by atoms with Crippen LogP contribution >= 0.6 is 11.3 Å². The lowest BCUT2D eigenvalue weighted by molar-refractivity contribution is 0.386. The Kier molecular flexibility index (Phi) is 6.39. The van der Waals surface area contributed by atoms with Gasteiger partial charge in [-0.25, -0.2) is 9.97 Å². The highest BCUT2D eigenvalue weighted by atomic mass is 32.1. The van der Waals surface area contributed by atoms with Crippen LogP contribution in [0, 0.1) is 0 Å². The Hall–Kier alpha value is -2.48. The number of aromatic nitrogens is 3. The molecular weight excluding hydrogens is 416 g/mol. The van der Waals surface area contributed by atoms with Crippen LogP contribution in [0.5, 0.6) is 0 Å². The number of pyridine rings is 1. The van der Waals surface area contributed by atoms with Gasteiger partial charge >= 0.3 is 0 Å². The van der Waals surface area contributed by atoms with Gasteiger partial charge in [-0.05, 0) is 54.9 Å². The predicted molar refractivity (Wildman–Crippen MR) is 134 cm³/mol. The third-order valence-corrected chi connectivity index (χ3v) is 7.35. The molecule has 1 aromatic carbocycles. The maximum absolute atomic E-state index is 6.31. The molecule has 0 aliphatic carbocycles. The third-order valence-electron chi connectivity index (χ3n) is 6.44. The lowest BCUT2D eigenvalue weighted by Crippen LogP contribution is -2.39. The van der Waals surface area contributed by atoms with Gasteiger partial charge in [0.1, 0.15) is 11.3 Å². The normalized spacial score (nSPS) is 15.2. The molecule has 0 unspecified atom stereocenters. The summed E-state index contributed by atoms with van der Waals surface area (Å²) in [5.74, 6) is 1.63. The molecule has 0 radical (unpaired) electrons. The molecule has 1 aliphatic rings. The Labute approximate surface area is 193 Å². The molecule has 0 amide bonds. The molecular formula is C25H32N6S. The van der Waals surface area contributed by atoms with Gasteiger partial charge in [-0.15, -0.1) is 11.3 Å². The summed E-state index contributed by atoms with van der Waals surface area (Å²) < 4.78 is 3.54. The van der Waals surface area contributed by atoms with Gasteiger partial charge in [0.05, 0.1) is 15.7 Å². The predicted octanol–water partition coefficient (Wildman–Crippen LogP) is 4.46. The van der Waals surface area contributed by atoms with Crippen LogP contribution in [-0.2, 0) is 19.5 Å². The number of hydrogen-bond donors (Lipinski definition) is 3. The van der Waals surface area contributed by atoms with Gasteiger partial charge in [0.25, 0.3) is 0 Å². The molecule has 0 bridgehead atoms. The fourth-order valence-corrected chi connectivity index (χ4v) is 5.47. The molecule has 0 atom stereocenters. The molecule has 4 aromatic rings. The quantitative estimate of drug-likeness (QED) is 0.371. The number of nitrogens with zero attached hydrogens (tertiary/aromatic N) is 3. The number of anilines is 1. The van der Waals surface area contributed by atoms with Gasteiger partial charge in [-0.1, -0.05) is 37.6 Å². The van der Waals surface area contributed by atoms with Crippen molar-refractivity contribution in [2.45, 2.75) is 58.2 Å². The van der Waals surface area contributed by atoms with Crippen LogP contribution in [-0.4, -0.2) is 33.7 Å². The molecule has 7 heteroatoms. The van der Waals surface area contributed by atoms with E-state index >= 15 is 0 Å². The van der Waals surface area contributed by atoms with Gasteiger partial charge in [-0.2, -0.15) is 0 Å². The first kappa shape index (κ1) is 21.4. The summed E-state index contributed by atoms with van der Waals surface area (Å²) in [5.41, 5.74) is 11.9. The highest BCUT2D eigenvalue weighted by Gasteiger charge is 2.18. The number of nitrogens with two attached hydrogens (primary N) is 1. The van der Waals surface area contributed by atoms with Crippen molar-refractivity contribution in [3.63, 3.8) is 0 Å². The van der Waals surface area contributed by atoms with Crippen LogP contribution in [0.3, 0.4) is 0 Å². The van der Waals surface area contributed by atoms with Gasteiger partial charge in [0.2, 0.25) is 0 Å². The van der Waals surface area contributed by atoms with Crippen molar-refractivity contribution >= 4 is 38.4 Å². The molecule has 4 heterocycles. The average molecular weight is 449 g/mol. The van der Waals surface area contributed by atoms with Crippen LogP contribution in [0.25, 0.3) is 21.3 Å². The van der Waals surface area contributed by atoms with E-state index in [9.17, 15) is 0 Å². The van der Waals surface area contributed by atoms with Crippen molar-refractivity contribution in [1.29, 1.82) is 0 Å². The first-order valence-electron chi connectivity index (χ1n) is 11.8. The fourth-order valence-electron chi connectivity index (χ4n) is 4.59. The van der Waals surface area contributed by atoms with E-state index in [-0.39, 0.29) is 0 Å². The SMILES string of the molecule is CCCCc1nc2c(N)nc3ccsc3c2n1Cc1ccc(CNC2CCNCC2)cc1. The molecule has 1 fully saturated rings. The molecule has 0 saturated carbocycles. The lowest BCUT2D eigenvalue weighted by Gasteiger charge is -2.23. The van der Waals surface area contributed by atoms with E-state index < -0.39 is 0 Å². The zero-order valence-corrected chi connectivity index (χ0v) is 19.5. The van der Waals surface area contributed by atoms with Crippen molar-refractivity contribution in [2.75, 3.05) is 18.8 Å². The molecule has 32 heavy (non-hydrogen) atoms. The number of piperidine rings is 1. The van der Waals surface area contributed by atoms with Crippen molar-refractivity contribution < 1.29 is 0 Å². The first-order valence-corrected chi connectivity index (χ1v) is 12.6. The highest BCUT2D eigenvalue weighted by molar-refractivity contribution is 7.18. The summed E-state index contributed by atoms with van der Waals surface area (Å²) in [6.45, 7) is 6.18. The minimum atomic E-state index is 0.529. The zero-order valence-electron chi connectivity index (χ0n) is 18.7. The lowest BCUT2D eigenvalue weighted by atomic mass is 10.1. The summed E-state index contributed by atoms with van der Waals surface area (Å²) in [7, 11) is 0. The first-order chi connectivity index (χ1) is 15.7. The second kappa shape index (κ2) is 9.57. The summed E-state index contributed by atoms with van der Waals surface area (Å²) in [6.07, 6.45) is 5.63. The Morgan fingerprint density at radius 2 is 1.91 bits per heavy atom. The standard InChI is InChI=1S/C25H32N6S/c1-2-3-4-21-30-22-23(24-20(11-14-32-24)29-25(22)26)31(21)16-18-7-5-17(6-8-18)15-28-19-9-12-27-13-10-19/h5-8,11,14,19,27-28H,2-4,9-10,12-13,15-16H2,1H3,(H2,26,29). The molecule has 168 valence electrons. The van der Waals surface area contributed by atoms with Crippen LogP contribution in [0.1, 0.15) is 49.6 Å². The van der Waals surface area contributed by atoms with Crippen molar-refractivity contribution in [2.24, 2.45) is 0 Å². The molecule has 0 spiro atoms. The smallest absolute Gasteiger partial charge is 0.152 e. The van der Waals surface area contributed by atoms with Gasteiger partial charge in [-0.3, -0.25) is 0 Å². The minimum Gasteiger partial charge on any atom is -0.382 e. The van der Waals surface area contributed by atoms with E-state index in [1.165, 1.54) is 28.7 Å². The van der Waals surface area contributed by atoms with Crippen LogP contribution in [0.15, 0.2) is 35.7 Å². The zero-order chi connectivity index (χ0) is 21.9. The van der Waals surface area contributed by atoms with Gasteiger partial charge in [0.15, 0.2) is 5.82 Å². The van der Waals surface area contributed by atoms with Crippen LogP contribution in [0.2, 0.25) is 0 Å². The van der Waals surface area contributed by atoms with Crippen molar-refractivity contribution in [3.05, 3.63) is 52.7 Å². The van der Waals surface area contributed by atoms with E-state index in [2.05, 4.69) is 56.8 Å². The molecule has 4 N–H and O–H groups in total. The Balaban J connectivity index is 1.41. The fraction of sp³-hybridized carbons (Fsp3) is 0.440. The Morgan fingerprint density at radius 3 is 2.69 bits per heavy atom. The molecule has 6 nitrogen and oxygen atoms in total. The Bertz CT molecular complexity index is 1190.